The Morgan fingerprint density at radius 2 is 2.00 bits per heavy atom. The first kappa shape index (κ1) is 17.9. The molecule has 3 heterocycles. The molecular formula is C16H24N4O4S. The number of imidazole rings is 1. The van der Waals surface area contributed by atoms with Crippen molar-refractivity contribution >= 4 is 21.7 Å². The summed E-state index contributed by atoms with van der Waals surface area (Å²) in [7, 11) is -3.07. The van der Waals surface area contributed by atoms with Crippen molar-refractivity contribution in [3.63, 3.8) is 0 Å². The third kappa shape index (κ3) is 3.86. The molecule has 8 nitrogen and oxygen atoms in total. The molecule has 1 aromatic rings. The molecule has 2 N–H and O–H groups in total. The number of rotatable bonds is 4. The number of amides is 2. The number of nitrogens with zero attached hydrogens (tertiary/aromatic N) is 2. The van der Waals surface area contributed by atoms with Crippen LogP contribution in [0.25, 0.3) is 0 Å². The van der Waals surface area contributed by atoms with Crippen molar-refractivity contribution < 1.29 is 18.0 Å². The predicted octanol–water partition coefficient (Wildman–Crippen LogP) is 0.275. The molecule has 1 aromatic heterocycles. The van der Waals surface area contributed by atoms with Crippen LogP contribution in [0.3, 0.4) is 0 Å². The number of hydrogen-bond donors (Lipinski definition) is 2. The van der Waals surface area contributed by atoms with E-state index in [9.17, 15) is 18.0 Å². The largest absolute Gasteiger partial charge is 0.347 e. The van der Waals surface area contributed by atoms with E-state index in [0.717, 1.165) is 18.5 Å². The molecule has 1 fully saturated rings. The molecular weight excluding hydrogens is 344 g/mol. The first-order chi connectivity index (χ1) is 11.8. The van der Waals surface area contributed by atoms with E-state index in [4.69, 9.17) is 0 Å². The van der Waals surface area contributed by atoms with Crippen LogP contribution in [0, 0.1) is 0 Å². The van der Waals surface area contributed by atoms with E-state index in [2.05, 4.69) is 15.6 Å². The molecule has 3 rings (SSSR count). The van der Waals surface area contributed by atoms with Crippen LogP contribution in [0.1, 0.15) is 59.9 Å². The Bertz CT molecular complexity index is 797. The van der Waals surface area contributed by atoms with Gasteiger partial charge in [0, 0.05) is 18.6 Å². The zero-order chi connectivity index (χ0) is 18.2. The van der Waals surface area contributed by atoms with Gasteiger partial charge in [0.1, 0.15) is 5.69 Å². The molecule has 2 aliphatic rings. The highest BCUT2D eigenvalue weighted by atomic mass is 32.2. The van der Waals surface area contributed by atoms with Crippen LogP contribution < -0.4 is 10.6 Å². The number of nitrogens with one attached hydrogen (secondary N) is 2. The molecule has 0 aromatic carbocycles. The van der Waals surface area contributed by atoms with Gasteiger partial charge in [-0.05, 0) is 39.5 Å². The van der Waals surface area contributed by atoms with Crippen molar-refractivity contribution in [2.75, 3.05) is 11.5 Å². The van der Waals surface area contributed by atoms with Gasteiger partial charge in [0.25, 0.3) is 11.8 Å². The summed E-state index contributed by atoms with van der Waals surface area (Å²) in [5.41, 5.74) is 1.01. The van der Waals surface area contributed by atoms with Gasteiger partial charge in [0.05, 0.1) is 17.2 Å². The Morgan fingerprint density at radius 3 is 2.64 bits per heavy atom. The maximum absolute atomic E-state index is 12.6. The Kier molecular flexibility index (Phi) is 4.86. The zero-order valence-corrected chi connectivity index (χ0v) is 15.4. The highest BCUT2D eigenvalue weighted by Gasteiger charge is 2.32. The number of fused-ring (bicyclic) bond motifs is 1. The maximum atomic E-state index is 12.6. The molecule has 0 spiro atoms. The average Bonchev–Trinajstić information content (AvgIpc) is 3.07. The second-order valence-electron chi connectivity index (χ2n) is 7.04. The smallest absolute Gasteiger partial charge is 0.287 e. The lowest BCUT2D eigenvalue weighted by Crippen LogP contribution is -2.36. The summed E-state index contributed by atoms with van der Waals surface area (Å²) in [6.07, 6.45) is 2.99. The van der Waals surface area contributed by atoms with Crippen LogP contribution in [-0.2, 0) is 22.8 Å². The Balaban J connectivity index is 1.84. The van der Waals surface area contributed by atoms with Crippen LogP contribution in [0.15, 0.2) is 0 Å². The lowest BCUT2D eigenvalue weighted by atomic mass is 10.1. The van der Waals surface area contributed by atoms with Crippen LogP contribution in [-0.4, -0.2) is 53.4 Å². The first-order valence-corrected chi connectivity index (χ1v) is 10.5. The van der Waals surface area contributed by atoms with Gasteiger partial charge < -0.3 is 15.2 Å². The summed E-state index contributed by atoms with van der Waals surface area (Å²) in [6, 6.07) is -0.406. The predicted molar refractivity (Wildman–Crippen MR) is 92.3 cm³/mol. The fraction of sp³-hybridized carbons (Fsp3) is 0.688. The fourth-order valence-electron chi connectivity index (χ4n) is 3.39. The number of hydrogen-bond acceptors (Lipinski definition) is 5. The summed E-state index contributed by atoms with van der Waals surface area (Å²) in [6.45, 7) is 4.40. The lowest BCUT2D eigenvalue weighted by Gasteiger charge is -2.18. The molecule has 2 aliphatic heterocycles. The quantitative estimate of drug-likeness (QED) is 0.793. The highest BCUT2D eigenvalue weighted by Crippen LogP contribution is 2.22. The normalized spacial score (nSPS) is 21.8. The van der Waals surface area contributed by atoms with Gasteiger partial charge >= 0.3 is 0 Å². The van der Waals surface area contributed by atoms with E-state index < -0.39 is 15.7 Å². The molecule has 138 valence electrons. The van der Waals surface area contributed by atoms with E-state index in [0.29, 0.717) is 19.4 Å². The van der Waals surface area contributed by atoms with Crippen molar-refractivity contribution in [3.8, 4) is 0 Å². The molecule has 0 radical (unpaired) electrons. The van der Waals surface area contributed by atoms with E-state index >= 15 is 0 Å². The van der Waals surface area contributed by atoms with Gasteiger partial charge in [-0.3, -0.25) is 9.59 Å². The fourth-order valence-corrected chi connectivity index (χ4v) is 5.06. The molecule has 0 bridgehead atoms. The van der Waals surface area contributed by atoms with Gasteiger partial charge in [-0.25, -0.2) is 13.4 Å². The third-order valence-corrected chi connectivity index (χ3v) is 6.29. The molecule has 1 saturated heterocycles. The number of carbonyl (C=O) groups is 2. The molecule has 2 amide bonds. The molecule has 0 aliphatic carbocycles. The monoisotopic (exact) mass is 368 g/mol. The van der Waals surface area contributed by atoms with Crippen LogP contribution in [0.4, 0.5) is 0 Å². The number of carbonyl (C=O) groups excluding carboxylic acids is 2. The zero-order valence-electron chi connectivity index (χ0n) is 14.5. The van der Waals surface area contributed by atoms with E-state index in [-0.39, 0.29) is 41.0 Å². The van der Waals surface area contributed by atoms with Crippen molar-refractivity contribution in [2.24, 2.45) is 0 Å². The molecule has 1 atom stereocenters. The summed E-state index contributed by atoms with van der Waals surface area (Å²) >= 11 is 0. The van der Waals surface area contributed by atoms with E-state index in [1.54, 1.807) is 0 Å². The summed E-state index contributed by atoms with van der Waals surface area (Å²) in [5, 5.41) is 5.58. The summed E-state index contributed by atoms with van der Waals surface area (Å²) < 4.78 is 24.9. The highest BCUT2D eigenvalue weighted by molar-refractivity contribution is 7.91. The Morgan fingerprint density at radius 1 is 1.24 bits per heavy atom. The van der Waals surface area contributed by atoms with Gasteiger partial charge in [-0.1, -0.05) is 0 Å². The van der Waals surface area contributed by atoms with Crippen LogP contribution in [0.5, 0.6) is 0 Å². The van der Waals surface area contributed by atoms with Gasteiger partial charge in [0.15, 0.2) is 15.7 Å². The topological polar surface area (TPSA) is 110 Å². The minimum Gasteiger partial charge on any atom is -0.347 e. The van der Waals surface area contributed by atoms with Crippen molar-refractivity contribution in [1.82, 2.24) is 20.2 Å². The van der Waals surface area contributed by atoms with Gasteiger partial charge in [-0.2, -0.15) is 0 Å². The number of aromatic nitrogens is 2. The third-order valence-electron chi connectivity index (χ3n) is 4.52. The Hall–Kier alpha value is -1.90. The maximum Gasteiger partial charge on any atom is 0.287 e. The second-order valence-corrected chi connectivity index (χ2v) is 9.27. The number of sulfone groups is 1. The average molecular weight is 368 g/mol. The van der Waals surface area contributed by atoms with Crippen molar-refractivity contribution in [2.45, 2.75) is 58.2 Å². The van der Waals surface area contributed by atoms with Crippen LogP contribution in [0.2, 0.25) is 0 Å². The van der Waals surface area contributed by atoms with Gasteiger partial charge in [-0.15, -0.1) is 0 Å². The van der Waals surface area contributed by atoms with E-state index in [1.165, 1.54) is 0 Å². The molecule has 9 heteroatoms. The Labute approximate surface area is 147 Å². The minimum atomic E-state index is -3.07. The SMILES string of the molecule is CC(C)NC(=O)c1nc(C(=O)NC2CCS(=O)(=O)C2)c2n1CCCC2. The van der Waals surface area contributed by atoms with Gasteiger partial charge in [0.2, 0.25) is 0 Å². The molecule has 25 heavy (non-hydrogen) atoms. The molecule has 1 unspecified atom stereocenters. The first-order valence-electron chi connectivity index (χ1n) is 8.68. The van der Waals surface area contributed by atoms with Crippen LogP contribution >= 0.6 is 0 Å². The summed E-state index contributed by atoms with van der Waals surface area (Å²) in [5.74, 6) is -0.360. The minimum absolute atomic E-state index is 0.0231. The van der Waals surface area contributed by atoms with Crippen molar-refractivity contribution in [1.29, 1.82) is 0 Å². The second kappa shape index (κ2) is 6.78. The lowest BCUT2D eigenvalue weighted by molar-refractivity contribution is 0.0926. The summed E-state index contributed by atoms with van der Waals surface area (Å²) in [4.78, 5) is 29.3. The standard InChI is InChI=1S/C16H24N4O4S/c1-10(2)17-16(22)14-19-13(12-5-3-4-7-20(12)14)15(21)18-11-6-8-25(23,24)9-11/h10-11H,3-9H2,1-2H3,(H,17,22)(H,18,21). The molecule has 0 saturated carbocycles. The van der Waals surface area contributed by atoms with E-state index in [1.807, 2.05) is 18.4 Å². The van der Waals surface area contributed by atoms with Crippen molar-refractivity contribution in [3.05, 3.63) is 17.2 Å².